The molecule has 1 aliphatic heterocycles. The summed E-state index contributed by atoms with van der Waals surface area (Å²) in [7, 11) is 1.58. The van der Waals surface area contributed by atoms with Gasteiger partial charge in [-0.05, 0) is 38.1 Å². The molecule has 3 rings (SSSR count). The monoisotopic (exact) mass is 302 g/mol. The summed E-state index contributed by atoms with van der Waals surface area (Å²) in [4.78, 5) is 11.0. The van der Waals surface area contributed by atoms with E-state index in [2.05, 4.69) is 14.9 Å². The number of nitrogens with zero attached hydrogens (tertiary/aromatic N) is 3. The van der Waals surface area contributed by atoms with Crippen molar-refractivity contribution in [3.8, 4) is 5.88 Å². The summed E-state index contributed by atoms with van der Waals surface area (Å²) in [5.41, 5.74) is 8.17. The van der Waals surface area contributed by atoms with Crippen LogP contribution in [-0.2, 0) is 0 Å². The summed E-state index contributed by atoms with van der Waals surface area (Å²) >= 11 is 0. The van der Waals surface area contributed by atoms with Crippen molar-refractivity contribution in [3.05, 3.63) is 30.0 Å². The second-order valence-corrected chi connectivity index (χ2v) is 5.78. The van der Waals surface area contributed by atoms with Gasteiger partial charge in [-0.2, -0.15) is 0 Å². The number of aliphatic hydroxyl groups excluding tert-OH is 1. The highest BCUT2D eigenvalue weighted by molar-refractivity contribution is 5.78. The predicted octanol–water partition coefficient (Wildman–Crippen LogP) is 1.09. The first kappa shape index (κ1) is 15.1. The van der Waals surface area contributed by atoms with Crippen molar-refractivity contribution in [3.63, 3.8) is 0 Å². The molecule has 0 bridgehead atoms. The van der Waals surface area contributed by atoms with Gasteiger partial charge in [0, 0.05) is 30.4 Å². The molecule has 118 valence electrons. The van der Waals surface area contributed by atoms with Crippen LogP contribution in [0.1, 0.15) is 24.5 Å². The van der Waals surface area contributed by atoms with Gasteiger partial charge in [0.1, 0.15) is 0 Å². The lowest BCUT2D eigenvalue weighted by Gasteiger charge is -2.31. The van der Waals surface area contributed by atoms with Crippen molar-refractivity contribution in [1.82, 2.24) is 14.9 Å². The summed E-state index contributed by atoms with van der Waals surface area (Å²) in [5.74, 6) is 0.526. The van der Waals surface area contributed by atoms with Gasteiger partial charge in [-0.25, -0.2) is 4.98 Å². The number of piperidine rings is 1. The number of ether oxygens (including phenoxy) is 1. The molecule has 0 radical (unpaired) electrons. The van der Waals surface area contributed by atoms with Gasteiger partial charge in [0.2, 0.25) is 5.88 Å². The second-order valence-electron chi connectivity index (χ2n) is 5.78. The first-order valence-electron chi connectivity index (χ1n) is 7.63. The topological polar surface area (TPSA) is 84.5 Å². The van der Waals surface area contributed by atoms with E-state index in [1.54, 1.807) is 19.4 Å². The van der Waals surface area contributed by atoms with Gasteiger partial charge in [-0.15, -0.1) is 0 Å². The number of nitrogens with two attached hydrogens (primary N) is 1. The lowest BCUT2D eigenvalue weighted by molar-refractivity contribution is 0.0984. The largest absolute Gasteiger partial charge is 0.481 e. The Labute approximate surface area is 129 Å². The van der Waals surface area contributed by atoms with Gasteiger partial charge in [-0.1, -0.05) is 0 Å². The van der Waals surface area contributed by atoms with E-state index in [4.69, 9.17) is 10.5 Å². The maximum atomic E-state index is 10.6. The van der Waals surface area contributed by atoms with Gasteiger partial charge in [0.25, 0.3) is 0 Å². The Bertz CT molecular complexity index is 641. The molecule has 3 heterocycles. The Balaban J connectivity index is 1.82. The Morgan fingerprint density at radius 1 is 1.36 bits per heavy atom. The molecule has 1 fully saturated rings. The molecule has 6 nitrogen and oxygen atoms in total. The fourth-order valence-electron chi connectivity index (χ4n) is 2.89. The van der Waals surface area contributed by atoms with Crippen LogP contribution in [0, 0.1) is 0 Å². The minimum Gasteiger partial charge on any atom is -0.481 e. The number of fused-ring (bicyclic) bond motifs is 1. The predicted molar refractivity (Wildman–Crippen MR) is 84.7 cm³/mol. The number of hydrogen-bond donors (Lipinski definition) is 2. The van der Waals surface area contributed by atoms with Crippen molar-refractivity contribution in [1.29, 1.82) is 0 Å². The molecule has 2 aromatic rings. The average molecular weight is 302 g/mol. The minimum absolute atomic E-state index is 0.293. The van der Waals surface area contributed by atoms with E-state index >= 15 is 0 Å². The summed E-state index contributed by atoms with van der Waals surface area (Å²) in [6.45, 7) is 2.45. The summed E-state index contributed by atoms with van der Waals surface area (Å²) < 4.78 is 5.17. The zero-order valence-corrected chi connectivity index (χ0v) is 12.8. The fourth-order valence-corrected chi connectivity index (χ4v) is 2.89. The first-order valence-corrected chi connectivity index (χ1v) is 7.63. The van der Waals surface area contributed by atoms with Gasteiger partial charge in [-0.3, -0.25) is 4.98 Å². The van der Waals surface area contributed by atoms with Crippen LogP contribution >= 0.6 is 0 Å². The molecule has 0 spiro atoms. The highest BCUT2D eigenvalue weighted by Crippen LogP contribution is 2.24. The third kappa shape index (κ3) is 3.19. The Morgan fingerprint density at radius 3 is 2.86 bits per heavy atom. The highest BCUT2D eigenvalue weighted by atomic mass is 16.5. The van der Waals surface area contributed by atoms with Crippen LogP contribution in [0.25, 0.3) is 11.0 Å². The lowest BCUT2D eigenvalue weighted by Crippen LogP contribution is -2.41. The number of pyridine rings is 2. The van der Waals surface area contributed by atoms with Crippen LogP contribution in [-0.4, -0.2) is 52.8 Å². The second kappa shape index (κ2) is 6.56. The van der Waals surface area contributed by atoms with Crippen molar-refractivity contribution in [2.24, 2.45) is 5.73 Å². The van der Waals surface area contributed by atoms with Gasteiger partial charge < -0.3 is 20.5 Å². The molecule has 2 aromatic heterocycles. The molecule has 1 saturated heterocycles. The summed E-state index contributed by atoms with van der Waals surface area (Å²) in [5, 5.41) is 10.6. The van der Waals surface area contributed by atoms with Crippen molar-refractivity contribution >= 4 is 11.0 Å². The van der Waals surface area contributed by atoms with Crippen LogP contribution in [0.4, 0.5) is 0 Å². The molecule has 3 N–H and O–H groups in total. The number of methoxy groups -OCH3 is 1. The van der Waals surface area contributed by atoms with Crippen LogP contribution < -0.4 is 10.5 Å². The molecule has 0 saturated carbocycles. The molecule has 22 heavy (non-hydrogen) atoms. The van der Waals surface area contributed by atoms with E-state index in [0.29, 0.717) is 24.0 Å². The third-order valence-electron chi connectivity index (χ3n) is 4.22. The zero-order valence-electron chi connectivity index (χ0n) is 12.8. The van der Waals surface area contributed by atoms with Crippen LogP contribution in [0.15, 0.2) is 24.4 Å². The SMILES string of the molecule is COc1ccc2nccc([C@@H](O)CN3CCC(N)CC3)c2n1. The Kier molecular flexibility index (Phi) is 4.52. The van der Waals surface area contributed by atoms with Crippen molar-refractivity contribution < 1.29 is 9.84 Å². The standard InChI is InChI=1S/C16H22N4O2/c1-22-15-3-2-13-16(19-15)12(4-7-18-13)14(21)10-20-8-5-11(17)6-9-20/h2-4,7,11,14,21H,5-6,8-10,17H2,1H3/t14-/m0/s1. The van der Waals surface area contributed by atoms with E-state index < -0.39 is 6.10 Å². The molecular formula is C16H22N4O2. The van der Waals surface area contributed by atoms with E-state index in [1.807, 2.05) is 12.1 Å². The number of β-amino-alcohol motifs (C(OH)–C–C–N with tert-alkyl or cyclic N) is 1. The third-order valence-corrected chi connectivity index (χ3v) is 4.22. The van der Waals surface area contributed by atoms with Crippen LogP contribution in [0.2, 0.25) is 0 Å². The molecule has 6 heteroatoms. The quantitative estimate of drug-likeness (QED) is 0.879. The van der Waals surface area contributed by atoms with Gasteiger partial charge in [0.15, 0.2) is 0 Å². The average Bonchev–Trinajstić information content (AvgIpc) is 2.55. The van der Waals surface area contributed by atoms with Gasteiger partial charge in [0.05, 0.1) is 24.2 Å². The number of hydrogen-bond acceptors (Lipinski definition) is 6. The molecular weight excluding hydrogens is 280 g/mol. The van der Waals surface area contributed by atoms with E-state index in [0.717, 1.165) is 37.0 Å². The zero-order chi connectivity index (χ0) is 15.5. The summed E-state index contributed by atoms with van der Waals surface area (Å²) in [6.07, 6.45) is 3.08. The highest BCUT2D eigenvalue weighted by Gasteiger charge is 2.21. The van der Waals surface area contributed by atoms with Crippen molar-refractivity contribution in [2.75, 3.05) is 26.7 Å². The van der Waals surface area contributed by atoms with Crippen molar-refractivity contribution in [2.45, 2.75) is 25.0 Å². The molecule has 0 aliphatic carbocycles. The molecule has 0 amide bonds. The van der Waals surface area contributed by atoms with Gasteiger partial charge >= 0.3 is 0 Å². The first-order chi connectivity index (χ1) is 10.7. The van der Waals surface area contributed by atoms with E-state index in [-0.39, 0.29) is 0 Å². The maximum absolute atomic E-state index is 10.6. The number of rotatable bonds is 4. The lowest BCUT2D eigenvalue weighted by atomic mass is 10.0. The molecule has 0 aromatic carbocycles. The number of aromatic nitrogens is 2. The molecule has 0 unspecified atom stereocenters. The fraction of sp³-hybridized carbons (Fsp3) is 0.500. The maximum Gasteiger partial charge on any atom is 0.213 e. The molecule has 1 aliphatic rings. The smallest absolute Gasteiger partial charge is 0.213 e. The van der Waals surface area contributed by atoms with E-state index in [1.165, 1.54) is 0 Å². The number of likely N-dealkylation sites (tertiary alicyclic amines) is 1. The molecule has 1 atom stereocenters. The Morgan fingerprint density at radius 2 is 2.14 bits per heavy atom. The van der Waals surface area contributed by atoms with Crippen LogP contribution in [0.3, 0.4) is 0 Å². The normalized spacial score (nSPS) is 18.5. The Hall–Kier alpha value is -1.76. The number of aliphatic hydroxyl groups is 1. The van der Waals surface area contributed by atoms with E-state index in [9.17, 15) is 5.11 Å². The van der Waals surface area contributed by atoms with Crippen LogP contribution in [0.5, 0.6) is 5.88 Å². The minimum atomic E-state index is -0.598. The summed E-state index contributed by atoms with van der Waals surface area (Å²) in [6, 6.07) is 5.75.